The number of hydrogen-bond donors (Lipinski definition) is 1. The number of aromatic nitrogens is 1. The molecule has 34 heavy (non-hydrogen) atoms. The van der Waals surface area contributed by atoms with Crippen molar-refractivity contribution in [3.63, 3.8) is 0 Å². The molecule has 1 amide bonds. The number of benzene rings is 2. The number of carbonyl (C=O) groups is 1. The Balaban J connectivity index is 1.67. The molecule has 0 bridgehead atoms. The molecule has 2 aromatic carbocycles. The monoisotopic (exact) mass is 478 g/mol. The van der Waals surface area contributed by atoms with Crippen LogP contribution in [0.25, 0.3) is 0 Å². The van der Waals surface area contributed by atoms with E-state index in [1.165, 1.54) is 17.9 Å². The number of aryl methyl sites for hydroxylation is 1. The van der Waals surface area contributed by atoms with Crippen molar-refractivity contribution >= 4 is 23.7 Å². The number of carbonyl (C=O) groups excluding carboxylic acids is 1. The Morgan fingerprint density at radius 3 is 2.74 bits per heavy atom. The van der Waals surface area contributed by atoms with Gasteiger partial charge in [0.2, 0.25) is 0 Å². The van der Waals surface area contributed by atoms with E-state index in [2.05, 4.69) is 10.5 Å². The third-order valence-corrected chi connectivity index (χ3v) is 5.13. The number of nitrogens with one attached hydrogen (secondary N) is 1. The summed E-state index contributed by atoms with van der Waals surface area (Å²) in [6, 6.07) is 18.2. The molecule has 1 aromatic heterocycles. The number of para-hydroxylation sites is 1. The van der Waals surface area contributed by atoms with Gasteiger partial charge in [-0.05, 0) is 42.8 Å². The normalized spacial score (nSPS) is 10.8. The lowest BCUT2D eigenvalue weighted by atomic mass is 10.1. The van der Waals surface area contributed by atoms with Crippen LogP contribution in [0.2, 0.25) is 5.02 Å². The first-order valence-electron chi connectivity index (χ1n) is 10.3. The Labute approximate surface area is 202 Å². The lowest BCUT2D eigenvalue weighted by Gasteiger charge is -2.12. The minimum absolute atomic E-state index is 0.0467. The summed E-state index contributed by atoms with van der Waals surface area (Å²) >= 11 is 6.01. The van der Waals surface area contributed by atoms with Gasteiger partial charge in [-0.3, -0.25) is 9.59 Å². The van der Waals surface area contributed by atoms with Crippen molar-refractivity contribution in [2.45, 2.75) is 26.7 Å². The fraction of sp³-hybridized carbons (Fsp3) is 0.200. The molecule has 3 rings (SSSR count). The summed E-state index contributed by atoms with van der Waals surface area (Å²) in [5.41, 5.74) is 4.41. The zero-order valence-corrected chi connectivity index (χ0v) is 19.5. The van der Waals surface area contributed by atoms with Crippen molar-refractivity contribution in [3.8, 4) is 11.8 Å². The first-order chi connectivity index (χ1) is 16.4. The van der Waals surface area contributed by atoms with Gasteiger partial charge in [0.15, 0.2) is 0 Å². The van der Waals surface area contributed by atoms with Crippen LogP contribution in [0.15, 0.2) is 64.5 Å². The number of amides is 1. The van der Waals surface area contributed by atoms with Gasteiger partial charge in [0.1, 0.15) is 30.5 Å². The average Bonchev–Trinajstić information content (AvgIpc) is 2.81. The SMILES string of the molecule is COCc1cc(C)n(CC(=O)NN=Cc2ccccc2OCc2cccc(Cl)c2)c(=O)c1C#N. The van der Waals surface area contributed by atoms with Crippen LogP contribution in [0.5, 0.6) is 5.75 Å². The van der Waals surface area contributed by atoms with Crippen LogP contribution in [0.3, 0.4) is 0 Å². The van der Waals surface area contributed by atoms with E-state index < -0.39 is 11.5 Å². The standard InChI is InChI=1S/C25H23ClN4O4/c1-17-10-20(16-33-2)22(12-27)25(32)30(17)14-24(31)29-28-13-19-7-3-4-9-23(19)34-15-18-6-5-8-21(26)11-18/h3-11,13H,14-16H2,1-2H3,(H,29,31). The van der Waals surface area contributed by atoms with Crippen LogP contribution in [-0.2, 0) is 29.3 Å². The van der Waals surface area contributed by atoms with Crippen molar-refractivity contribution in [1.29, 1.82) is 5.26 Å². The molecule has 0 radical (unpaired) electrons. The highest BCUT2D eigenvalue weighted by Crippen LogP contribution is 2.19. The number of nitriles is 1. The Morgan fingerprint density at radius 1 is 1.21 bits per heavy atom. The molecule has 174 valence electrons. The Hall–Kier alpha value is -3.93. The van der Waals surface area contributed by atoms with E-state index in [0.717, 1.165) is 5.56 Å². The van der Waals surface area contributed by atoms with Gasteiger partial charge in [-0.1, -0.05) is 35.9 Å². The van der Waals surface area contributed by atoms with Crippen LogP contribution in [0.1, 0.15) is 27.9 Å². The zero-order valence-electron chi connectivity index (χ0n) is 18.7. The fourth-order valence-electron chi connectivity index (χ4n) is 3.28. The molecule has 3 aromatic rings. The number of halogens is 1. The van der Waals surface area contributed by atoms with Gasteiger partial charge in [0, 0.05) is 29.0 Å². The first kappa shape index (κ1) is 24.7. The van der Waals surface area contributed by atoms with Crippen molar-refractivity contribution in [2.75, 3.05) is 7.11 Å². The van der Waals surface area contributed by atoms with E-state index in [1.807, 2.05) is 36.4 Å². The molecule has 0 aliphatic heterocycles. The second-order valence-corrected chi connectivity index (χ2v) is 7.81. The Kier molecular flexibility index (Phi) is 8.57. The highest BCUT2D eigenvalue weighted by atomic mass is 35.5. The summed E-state index contributed by atoms with van der Waals surface area (Å²) in [5.74, 6) is 0.0714. The molecule has 0 atom stereocenters. The van der Waals surface area contributed by atoms with Gasteiger partial charge in [0.25, 0.3) is 11.5 Å². The van der Waals surface area contributed by atoms with Gasteiger partial charge >= 0.3 is 0 Å². The molecular weight excluding hydrogens is 456 g/mol. The van der Waals surface area contributed by atoms with E-state index >= 15 is 0 Å². The summed E-state index contributed by atoms with van der Waals surface area (Å²) in [4.78, 5) is 25.1. The number of methoxy groups -OCH3 is 1. The molecule has 9 heteroatoms. The van der Waals surface area contributed by atoms with E-state index in [-0.39, 0.29) is 18.7 Å². The van der Waals surface area contributed by atoms with Crippen LogP contribution in [0, 0.1) is 18.3 Å². The number of rotatable bonds is 9. The van der Waals surface area contributed by atoms with Crippen molar-refractivity contribution in [1.82, 2.24) is 9.99 Å². The summed E-state index contributed by atoms with van der Waals surface area (Å²) in [5, 5.41) is 14.0. The third-order valence-electron chi connectivity index (χ3n) is 4.90. The van der Waals surface area contributed by atoms with Gasteiger partial charge in [-0.15, -0.1) is 0 Å². The highest BCUT2D eigenvalue weighted by Gasteiger charge is 2.14. The molecule has 0 aliphatic carbocycles. The molecule has 0 aliphatic rings. The van der Waals surface area contributed by atoms with Gasteiger partial charge in [0.05, 0.1) is 12.8 Å². The van der Waals surface area contributed by atoms with Crippen molar-refractivity contribution in [2.24, 2.45) is 5.10 Å². The molecule has 1 N–H and O–H groups in total. The molecule has 0 fully saturated rings. The highest BCUT2D eigenvalue weighted by molar-refractivity contribution is 6.30. The van der Waals surface area contributed by atoms with Crippen LogP contribution in [0.4, 0.5) is 0 Å². The van der Waals surface area contributed by atoms with Gasteiger partial charge < -0.3 is 14.0 Å². The predicted octanol–water partition coefficient (Wildman–Crippen LogP) is 3.56. The van der Waals surface area contributed by atoms with Crippen molar-refractivity contribution in [3.05, 3.63) is 97.9 Å². The minimum Gasteiger partial charge on any atom is -0.488 e. The smallest absolute Gasteiger partial charge is 0.269 e. The summed E-state index contributed by atoms with van der Waals surface area (Å²) in [6.45, 7) is 1.86. The topological polar surface area (TPSA) is 106 Å². The van der Waals surface area contributed by atoms with Crippen LogP contribution >= 0.6 is 11.6 Å². The summed E-state index contributed by atoms with van der Waals surface area (Å²) in [7, 11) is 1.48. The lowest BCUT2D eigenvalue weighted by Crippen LogP contribution is -2.33. The van der Waals surface area contributed by atoms with Crippen LogP contribution < -0.4 is 15.7 Å². The zero-order chi connectivity index (χ0) is 24.5. The number of pyridine rings is 1. The van der Waals surface area contributed by atoms with Crippen molar-refractivity contribution < 1.29 is 14.3 Å². The molecule has 1 heterocycles. The average molecular weight is 479 g/mol. The number of nitrogens with zero attached hydrogens (tertiary/aromatic N) is 3. The second-order valence-electron chi connectivity index (χ2n) is 7.37. The maximum atomic E-state index is 12.6. The van der Waals surface area contributed by atoms with Gasteiger partial charge in [-0.2, -0.15) is 10.4 Å². The number of hydrazone groups is 1. The quantitative estimate of drug-likeness (QED) is 0.374. The summed E-state index contributed by atoms with van der Waals surface area (Å²) in [6.07, 6.45) is 1.46. The van der Waals surface area contributed by atoms with E-state index in [0.29, 0.717) is 34.2 Å². The number of hydrogen-bond acceptors (Lipinski definition) is 6. The second kappa shape index (κ2) is 11.8. The first-order valence-corrected chi connectivity index (χ1v) is 10.7. The summed E-state index contributed by atoms with van der Waals surface area (Å²) < 4.78 is 12.1. The molecule has 0 saturated carbocycles. The predicted molar refractivity (Wildman–Crippen MR) is 129 cm³/mol. The maximum Gasteiger partial charge on any atom is 0.269 e. The largest absolute Gasteiger partial charge is 0.488 e. The minimum atomic E-state index is -0.548. The number of ether oxygens (including phenoxy) is 2. The van der Waals surface area contributed by atoms with E-state index in [1.54, 1.807) is 31.2 Å². The van der Waals surface area contributed by atoms with E-state index in [4.69, 9.17) is 21.1 Å². The van der Waals surface area contributed by atoms with E-state index in [9.17, 15) is 14.9 Å². The lowest BCUT2D eigenvalue weighted by molar-refractivity contribution is -0.121. The molecule has 0 unspecified atom stereocenters. The Bertz CT molecular complexity index is 1310. The molecule has 8 nitrogen and oxygen atoms in total. The van der Waals surface area contributed by atoms with Gasteiger partial charge in [-0.25, -0.2) is 5.43 Å². The molecular formula is C25H23ClN4O4. The third kappa shape index (κ3) is 6.32. The molecule has 0 saturated heterocycles. The van der Waals surface area contributed by atoms with Crippen LogP contribution in [-0.4, -0.2) is 23.8 Å². The molecule has 0 spiro atoms. The fourth-order valence-corrected chi connectivity index (χ4v) is 3.49. The Morgan fingerprint density at radius 2 is 2.00 bits per heavy atom. The maximum absolute atomic E-state index is 12.6.